The second kappa shape index (κ2) is 34.9. The molecule has 33 heteroatoms. The number of thioether (sulfide) groups is 1. The summed E-state index contributed by atoms with van der Waals surface area (Å²) < 4.78 is 20.4. The van der Waals surface area contributed by atoms with Crippen LogP contribution in [0.5, 0.6) is 11.5 Å². The molecule has 7 aromatic rings. The molecule has 1 fully saturated rings. The van der Waals surface area contributed by atoms with Gasteiger partial charge in [-0.25, -0.2) is 9.02 Å². The van der Waals surface area contributed by atoms with Gasteiger partial charge < -0.3 is 74.0 Å². The van der Waals surface area contributed by atoms with Crippen LogP contribution in [0.25, 0.3) is 10.9 Å². The Labute approximate surface area is 585 Å². The number of amidine groups is 1. The van der Waals surface area contributed by atoms with Crippen LogP contribution in [0.3, 0.4) is 0 Å². The van der Waals surface area contributed by atoms with Gasteiger partial charge in [-0.05, 0) is 155 Å². The van der Waals surface area contributed by atoms with E-state index in [-0.39, 0.29) is 107 Å². The van der Waals surface area contributed by atoms with Crippen LogP contribution in [-0.4, -0.2) is 159 Å². The highest BCUT2D eigenvalue weighted by atomic mass is 79.9. The van der Waals surface area contributed by atoms with Crippen LogP contribution >= 0.6 is 27.7 Å². The quantitative estimate of drug-likeness (QED) is 0.0204. The Morgan fingerprint density at radius 3 is 2.05 bits per heavy atom. The Bertz CT molecular complexity index is 4090. The van der Waals surface area contributed by atoms with Crippen LogP contribution < -0.4 is 53.6 Å². The van der Waals surface area contributed by atoms with Gasteiger partial charge in [-0.3, -0.25) is 47.8 Å². The van der Waals surface area contributed by atoms with E-state index in [2.05, 4.69) is 94.5 Å². The average molecular weight is 1460 g/mol. The number of phenolic OH excluding ortho intramolecular Hbond substituents is 2. The fourth-order valence-corrected chi connectivity index (χ4v) is 12.8. The number of hydrogen-bond donors (Lipinski definition) is 14. The molecule has 1 aliphatic heterocycles. The molecule has 0 spiro atoms. The van der Waals surface area contributed by atoms with Gasteiger partial charge in [-0.15, -0.1) is 5.10 Å². The summed E-state index contributed by atoms with van der Waals surface area (Å²) in [5.41, 5.74) is 8.80. The smallest absolute Gasteiger partial charge is 0.243 e. The molecule has 15 N–H and O–H groups in total. The highest BCUT2D eigenvalue weighted by Gasteiger charge is 2.36. The van der Waals surface area contributed by atoms with Gasteiger partial charge in [0.2, 0.25) is 59.0 Å². The van der Waals surface area contributed by atoms with E-state index in [1.807, 2.05) is 24.3 Å². The summed E-state index contributed by atoms with van der Waals surface area (Å²) in [4.78, 5) is 131. The highest BCUT2D eigenvalue weighted by molar-refractivity contribution is 9.10. The summed E-state index contributed by atoms with van der Waals surface area (Å²) in [7, 11) is 0. The summed E-state index contributed by atoms with van der Waals surface area (Å²) in [5, 5.41) is 75.6. The van der Waals surface area contributed by atoms with Gasteiger partial charge in [0, 0.05) is 73.7 Å². The zero-order valence-electron chi connectivity index (χ0n) is 54.8. The molecule has 0 saturated heterocycles. The first kappa shape index (κ1) is 73.8. The van der Waals surface area contributed by atoms with Crippen LogP contribution in [0.1, 0.15) is 100 Å². The van der Waals surface area contributed by atoms with Gasteiger partial charge in [0.25, 0.3) is 0 Å². The van der Waals surface area contributed by atoms with E-state index in [1.165, 1.54) is 54.1 Å². The molecule has 0 unspecified atom stereocenters. The third-order valence-corrected chi connectivity index (χ3v) is 18.7. The van der Waals surface area contributed by atoms with Crippen molar-refractivity contribution in [3.05, 3.63) is 142 Å². The molecule has 530 valence electrons. The van der Waals surface area contributed by atoms with Crippen molar-refractivity contribution in [3.63, 3.8) is 0 Å². The number of carbonyl (C=O) groups excluding carboxylic acids is 9. The Hall–Kier alpha value is -10.4. The third-order valence-electron chi connectivity index (χ3n) is 17.2. The number of nitrogens with two attached hydrogens (primary N) is 1. The number of para-hydroxylation sites is 1. The van der Waals surface area contributed by atoms with E-state index in [1.54, 1.807) is 50.5 Å². The lowest BCUT2D eigenvalue weighted by atomic mass is 9.84. The van der Waals surface area contributed by atoms with Crippen molar-refractivity contribution < 1.29 is 67.6 Å². The molecule has 9 amide bonds. The second-order valence-corrected chi connectivity index (χ2v) is 26.9. The van der Waals surface area contributed by atoms with Crippen molar-refractivity contribution >= 4 is 103 Å². The number of H-pyrrole nitrogens is 1. The molecule has 0 radical (unpaired) electrons. The Balaban J connectivity index is 0.943. The van der Waals surface area contributed by atoms with E-state index in [0.717, 1.165) is 22.7 Å². The molecule has 100 heavy (non-hydrogen) atoms. The molecular formula is C67H79BrFN17O13S. The van der Waals surface area contributed by atoms with Crippen molar-refractivity contribution in [1.82, 2.24) is 72.8 Å². The average Bonchev–Trinajstić information content (AvgIpc) is 1.62. The van der Waals surface area contributed by atoms with Gasteiger partial charge in [-0.2, -0.15) is 0 Å². The van der Waals surface area contributed by atoms with E-state index in [4.69, 9.17) is 10.4 Å². The zero-order valence-corrected chi connectivity index (χ0v) is 57.2. The first-order valence-corrected chi connectivity index (χ1v) is 34.3. The molecule has 1 aliphatic carbocycles. The van der Waals surface area contributed by atoms with E-state index >= 15 is 9.59 Å². The van der Waals surface area contributed by atoms with Crippen LogP contribution in [0.15, 0.2) is 123 Å². The minimum atomic E-state index is -1.46. The number of amides is 9. The van der Waals surface area contributed by atoms with Crippen molar-refractivity contribution in [3.8, 4) is 11.5 Å². The lowest BCUT2D eigenvalue weighted by molar-refractivity contribution is -0.136. The van der Waals surface area contributed by atoms with Crippen molar-refractivity contribution in [2.75, 3.05) is 11.1 Å². The number of nitrogens with one attached hydrogen (secondary N) is 10. The highest BCUT2D eigenvalue weighted by Crippen LogP contribution is 2.29. The number of aromatic hydroxyl groups is 2. The minimum Gasteiger partial charge on any atom is -0.508 e. The predicted molar refractivity (Wildman–Crippen MR) is 366 cm³/mol. The molecule has 2 bridgehead atoms. The van der Waals surface area contributed by atoms with E-state index in [0.29, 0.717) is 60.9 Å². The van der Waals surface area contributed by atoms with Gasteiger partial charge in [0.1, 0.15) is 59.6 Å². The molecule has 2 aliphatic rings. The maximum atomic E-state index is 15.2. The Morgan fingerprint density at radius 1 is 0.750 bits per heavy atom. The number of phenols is 2. The molecule has 3 aromatic heterocycles. The van der Waals surface area contributed by atoms with Crippen LogP contribution in [-0.2, 0) is 75.4 Å². The normalized spacial score (nSPS) is 22.1. The molecule has 30 nitrogen and oxygen atoms in total. The number of carbonyl (C=O) groups is 9. The zero-order chi connectivity index (χ0) is 71.6. The maximum absolute atomic E-state index is 15.2. The van der Waals surface area contributed by atoms with Crippen LogP contribution in [0.4, 0.5) is 10.1 Å². The molecule has 4 aromatic carbocycles. The summed E-state index contributed by atoms with van der Waals surface area (Å²) in [6, 6.07) is 13.4. The standard InChI is InChI=1S/C67H79BrFN17O13S/c1-35(2)57-66(97)72-36(3)61(92)77-51(26-37-13-20-44(87)21-14-37)62(93)76-50(59(70)91)10-6-7-25-86-33-43(81-85-86)31-54(64(95)79-53(29-40-32-71-49-9-5-4-8-46(40)49)63(94)78-52(65(96)80-57)27-38-15-22-45(88)23-16-38)75-55(89)28-39-11-17-41(18-12-39)73-56(90)34-100-67-58(83-99-84-67)60(82-98)74-42-19-24-48(69)47(68)30-42/h4-5,8-9,13-16,19-24,30,32-33,35-36,39,41,50-54,57,71,87-88,98H,6-7,10-12,17-18,25-29,31,34H2,1-3H3,(H2,70,91)(H,72,97)(H,73,90)(H,74,82)(H,75,89)(H,76,93)(H,77,92)(H,78,94)(H,79,95)(H,80,96)/t36-,39?,41?,50+,51-,52-,53-,54+,57-/m1/s1. The lowest BCUT2D eigenvalue weighted by Crippen LogP contribution is -2.61. The number of aromatic nitrogens is 6. The summed E-state index contributed by atoms with van der Waals surface area (Å²) in [6.45, 7) is 4.91. The van der Waals surface area contributed by atoms with Gasteiger partial charge >= 0.3 is 0 Å². The molecular weight excluding hydrogens is 1380 g/mol. The number of rotatable bonds is 17. The fourth-order valence-electron chi connectivity index (χ4n) is 11.7. The summed E-state index contributed by atoms with van der Waals surface area (Å²) >= 11 is 4.09. The second-order valence-electron chi connectivity index (χ2n) is 25.1. The number of aromatic amines is 1. The number of aryl methyl sites for hydroxylation is 1. The van der Waals surface area contributed by atoms with Gasteiger partial charge in [-0.1, -0.05) is 78.4 Å². The number of oxime groups is 1. The first-order valence-electron chi connectivity index (χ1n) is 32.6. The topological polar surface area (TPSA) is 446 Å². The van der Waals surface area contributed by atoms with Crippen LogP contribution in [0, 0.1) is 17.7 Å². The number of nitrogens with zero attached hydrogens (tertiary/aromatic N) is 6. The number of hydrogen-bond acceptors (Lipinski definition) is 19. The van der Waals surface area contributed by atoms with Crippen molar-refractivity contribution in [2.45, 2.75) is 158 Å². The SMILES string of the molecule is CC(C)[C@H]1NC(=O)[C@@H](Cc2ccc(O)cc2)NC(=O)[C@@H](Cc2c[nH]c3ccccc23)NC(=O)[C@@H](NC(=O)CC2CCC(NC(=O)CSc3nonc3/C(=N/O)Nc3ccc(F)c(Br)c3)CC2)Cc2cn(nn2)CCCC[C@@H](C(N)=O)NC(=O)[C@@H](Cc2ccc(O)cc2)NC(=O)[C@@H](C)NC1=O. The van der Waals surface area contributed by atoms with E-state index in [9.17, 15) is 53.4 Å². The first-order chi connectivity index (χ1) is 47.9. The number of halogens is 2. The van der Waals surface area contributed by atoms with Crippen molar-refractivity contribution in [1.29, 1.82) is 0 Å². The third kappa shape index (κ3) is 20.8. The monoisotopic (exact) mass is 1460 g/mol. The lowest BCUT2D eigenvalue weighted by Gasteiger charge is -2.29. The molecule has 7 atom stereocenters. The minimum absolute atomic E-state index is 0.00200. The van der Waals surface area contributed by atoms with Crippen LogP contribution in [0.2, 0.25) is 0 Å². The van der Waals surface area contributed by atoms with Gasteiger partial charge in [0.15, 0.2) is 10.7 Å². The number of benzene rings is 4. The number of anilines is 1. The summed E-state index contributed by atoms with van der Waals surface area (Å²) in [6.07, 6.45) is 5.43. The van der Waals surface area contributed by atoms with Crippen molar-refractivity contribution in [2.24, 2.45) is 22.7 Å². The summed E-state index contributed by atoms with van der Waals surface area (Å²) in [5.74, 6) is -8.26. The Morgan fingerprint density at radius 2 is 1.39 bits per heavy atom. The predicted octanol–water partition coefficient (Wildman–Crippen LogP) is 3.57. The largest absolute Gasteiger partial charge is 0.508 e. The molecule has 4 heterocycles. The molecule has 9 rings (SSSR count). The van der Waals surface area contributed by atoms with Gasteiger partial charge in [0.05, 0.1) is 15.9 Å². The Kier molecular flexibility index (Phi) is 25.7. The van der Waals surface area contributed by atoms with E-state index < -0.39 is 101 Å². The maximum Gasteiger partial charge on any atom is 0.243 e. The number of primary amides is 1. The fraction of sp³-hybridized carbons (Fsp3) is 0.403. The molecule has 1 saturated carbocycles. The number of fused-ring (bicyclic) bond motifs is 3.